The zero-order valence-electron chi connectivity index (χ0n) is 15.4. The summed E-state index contributed by atoms with van der Waals surface area (Å²) >= 11 is 0. The number of hydrogen-bond acceptors (Lipinski definition) is 6. The van der Waals surface area contributed by atoms with Crippen LogP contribution in [0.4, 0.5) is 0 Å². The van der Waals surface area contributed by atoms with Gasteiger partial charge in [-0.2, -0.15) is 0 Å². The Hall–Kier alpha value is -2.32. The molecule has 1 fully saturated rings. The van der Waals surface area contributed by atoms with Crippen LogP contribution in [0, 0.1) is 0 Å². The number of imidazole rings is 1. The van der Waals surface area contributed by atoms with Crippen LogP contribution >= 0.6 is 0 Å². The van der Waals surface area contributed by atoms with Crippen LogP contribution < -0.4 is 5.32 Å². The van der Waals surface area contributed by atoms with E-state index in [1.54, 1.807) is 6.20 Å². The molecule has 140 valence electrons. The Labute approximate surface area is 153 Å². The largest absolute Gasteiger partial charge is 0.368 e. The van der Waals surface area contributed by atoms with E-state index in [1.165, 1.54) is 6.92 Å². The molecule has 3 rings (SSSR count). The van der Waals surface area contributed by atoms with Gasteiger partial charge in [0.2, 0.25) is 5.91 Å². The summed E-state index contributed by atoms with van der Waals surface area (Å²) in [5, 5.41) is 2.76. The van der Waals surface area contributed by atoms with Crippen molar-refractivity contribution in [2.24, 2.45) is 0 Å². The van der Waals surface area contributed by atoms with E-state index in [9.17, 15) is 4.79 Å². The fourth-order valence-corrected chi connectivity index (χ4v) is 3.02. The number of hydrogen-bond donors (Lipinski definition) is 1. The fourth-order valence-electron chi connectivity index (χ4n) is 3.02. The van der Waals surface area contributed by atoms with Crippen molar-refractivity contribution in [3.8, 4) is 0 Å². The van der Waals surface area contributed by atoms with Gasteiger partial charge in [0.1, 0.15) is 11.9 Å². The van der Waals surface area contributed by atoms with Gasteiger partial charge in [-0.1, -0.05) is 6.92 Å². The Bertz CT molecular complexity index is 732. The first-order valence-electron chi connectivity index (χ1n) is 9.06. The van der Waals surface area contributed by atoms with E-state index in [0.717, 1.165) is 44.1 Å². The van der Waals surface area contributed by atoms with Crippen LogP contribution in [0.25, 0.3) is 0 Å². The van der Waals surface area contributed by atoms with Crippen molar-refractivity contribution in [2.45, 2.75) is 46.0 Å². The molecule has 8 nitrogen and oxygen atoms in total. The third-order valence-electron chi connectivity index (χ3n) is 4.32. The second-order valence-electron chi connectivity index (χ2n) is 6.45. The van der Waals surface area contributed by atoms with Gasteiger partial charge in [-0.25, -0.2) is 15.0 Å². The normalized spacial score (nSPS) is 18.0. The van der Waals surface area contributed by atoms with Gasteiger partial charge in [-0.3, -0.25) is 9.69 Å². The third kappa shape index (κ3) is 4.86. The number of carbonyl (C=O) groups excluding carboxylic acids is 1. The van der Waals surface area contributed by atoms with E-state index in [-0.39, 0.29) is 12.0 Å². The summed E-state index contributed by atoms with van der Waals surface area (Å²) in [6.07, 6.45) is 6.53. The number of aromatic nitrogens is 4. The number of amides is 1. The average Bonchev–Trinajstić information content (AvgIpc) is 3.08. The van der Waals surface area contributed by atoms with E-state index in [4.69, 9.17) is 4.74 Å². The molecule has 0 bridgehead atoms. The summed E-state index contributed by atoms with van der Waals surface area (Å²) < 4.78 is 8.09. The Morgan fingerprint density at radius 2 is 2.27 bits per heavy atom. The highest BCUT2D eigenvalue weighted by atomic mass is 16.5. The monoisotopic (exact) mass is 358 g/mol. The highest BCUT2D eigenvalue weighted by Crippen LogP contribution is 2.20. The second kappa shape index (κ2) is 8.86. The molecule has 1 aliphatic heterocycles. The predicted octanol–water partition coefficient (Wildman–Crippen LogP) is 1.29. The van der Waals surface area contributed by atoms with E-state index in [1.807, 2.05) is 18.5 Å². The molecule has 8 heteroatoms. The van der Waals surface area contributed by atoms with Gasteiger partial charge in [0.25, 0.3) is 0 Å². The van der Waals surface area contributed by atoms with Gasteiger partial charge in [0, 0.05) is 45.1 Å². The minimum absolute atomic E-state index is 0.0761. The van der Waals surface area contributed by atoms with Crippen molar-refractivity contribution in [1.82, 2.24) is 29.7 Å². The molecule has 0 spiro atoms. The van der Waals surface area contributed by atoms with E-state index in [0.29, 0.717) is 19.0 Å². The molecular weight excluding hydrogens is 332 g/mol. The molecule has 2 aromatic rings. The van der Waals surface area contributed by atoms with Gasteiger partial charge in [0.05, 0.1) is 25.4 Å². The molecule has 0 aromatic carbocycles. The van der Waals surface area contributed by atoms with Crippen LogP contribution in [0.1, 0.15) is 43.7 Å². The van der Waals surface area contributed by atoms with Crippen LogP contribution in [-0.4, -0.2) is 50.0 Å². The summed E-state index contributed by atoms with van der Waals surface area (Å²) in [6, 6.07) is 1.81. The number of morpholine rings is 1. The zero-order valence-corrected chi connectivity index (χ0v) is 15.4. The molecule has 0 unspecified atom stereocenters. The maximum atomic E-state index is 11.1. The van der Waals surface area contributed by atoms with Crippen LogP contribution in [0.3, 0.4) is 0 Å². The first-order valence-corrected chi connectivity index (χ1v) is 9.06. The molecule has 1 amide bonds. The molecule has 1 atom stereocenters. The molecular formula is C18H26N6O2. The molecule has 2 aromatic heterocycles. The highest BCUT2D eigenvalue weighted by molar-refractivity contribution is 5.72. The van der Waals surface area contributed by atoms with Gasteiger partial charge in [-0.15, -0.1) is 0 Å². The van der Waals surface area contributed by atoms with Crippen LogP contribution in [0.5, 0.6) is 0 Å². The number of rotatable bonds is 7. The lowest BCUT2D eigenvalue weighted by Gasteiger charge is -2.32. The van der Waals surface area contributed by atoms with E-state index >= 15 is 0 Å². The van der Waals surface area contributed by atoms with Crippen LogP contribution in [-0.2, 0) is 29.2 Å². The lowest BCUT2D eigenvalue weighted by atomic mass is 10.2. The van der Waals surface area contributed by atoms with Gasteiger partial charge >= 0.3 is 0 Å². The molecule has 1 N–H and O–H groups in total. The van der Waals surface area contributed by atoms with Gasteiger partial charge in [-0.05, 0) is 12.5 Å². The van der Waals surface area contributed by atoms with Crippen molar-refractivity contribution >= 4 is 5.91 Å². The Kier molecular flexibility index (Phi) is 6.30. The number of nitrogens with one attached hydrogen (secondary N) is 1. The standard InChI is InChI=1S/C18H26N6O2/c1-3-7-24-8-6-19-17(24)13-23-9-10-26-16(12-23)18-20-5-4-15(22-18)11-21-14(2)25/h4-6,8,16H,3,7,9-13H2,1-2H3,(H,21,25)/t16-/m1/s1. The Balaban J connectivity index is 1.63. The van der Waals surface area contributed by atoms with Crippen molar-refractivity contribution in [3.63, 3.8) is 0 Å². The second-order valence-corrected chi connectivity index (χ2v) is 6.45. The van der Waals surface area contributed by atoms with Gasteiger partial charge < -0.3 is 14.6 Å². The lowest BCUT2D eigenvalue weighted by Crippen LogP contribution is -2.39. The van der Waals surface area contributed by atoms with Gasteiger partial charge in [0.15, 0.2) is 5.82 Å². The highest BCUT2D eigenvalue weighted by Gasteiger charge is 2.25. The summed E-state index contributed by atoms with van der Waals surface area (Å²) in [5.41, 5.74) is 0.782. The summed E-state index contributed by atoms with van der Waals surface area (Å²) in [4.78, 5) is 26.8. The molecule has 1 saturated heterocycles. The SMILES string of the molecule is CCCn1ccnc1CN1CCO[C@@H](c2nccc(CNC(C)=O)n2)C1. The lowest BCUT2D eigenvalue weighted by molar-refractivity contribution is -0.119. The maximum Gasteiger partial charge on any atom is 0.217 e. The maximum absolute atomic E-state index is 11.1. The van der Waals surface area contributed by atoms with Crippen molar-refractivity contribution in [1.29, 1.82) is 0 Å². The van der Waals surface area contributed by atoms with Crippen molar-refractivity contribution < 1.29 is 9.53 Å². The summed E-state index contributed by atoms with van der Waals surface area (Å²) in [7, 11) is 0. The van der Waals surface area contributed by atoms with Crippen molar-refractivity contribution in [2.75, 3.05) is 19.7 Å². The topological polar surface area (TPSA) is 85.2 Å². The number of ether oxygens (including phenoxy) is 1. The third-order valence-corrected chi connectivity index (χ3v) is 4.32. The zero-order chi connectivity index (χ0) is 18.4. The molecule has 0 saturated carbocycles. The number of nitrogens with zero attached hydrogens (tertiary/aromatic N) is 5. The molecule has 3 heterocycles. The molecule has 26 heavy (non-hydrogen) atoms. The molecule has 0 aliphatic carbocycles. The minimum Gasteiger partial charge on any atom is -0.368 e. The van der Waals surface area contributed by atoms with E-state index < -0.39 is 0 Å². The smallest absolute Gasteiger partial charge is 0.217 e. The molecule has 0 radical (unpaired) electrons. The summed E-state index contributed by atoms with van der Waals surface area (Å²) in [6.45, 7) is 8.06. The van der Waals surface area contributed by atoms with Crippen LogP contribution in [0.2, 0.25) is 0 Å². The number of carbonyl (C=O) groups is 1. The predicted molar refractivity (Wildman–Crippen MR) is 96.0 cm³/mol. The first kappa shape index (κ1) is 18.5. The molecule has 1 aliphatic rings. The van der Waals surface area contributed by atoms with Crippen molar-refractivity contribution in [3.05, 3.63) is 42.0 Å². The fraction of sp³-hybridized carbons (Fsp3) is 0.556. The number of aryl methyl sites for hydroxylation is 1. The quantitative estimate of drug-likeness (QED) is 0.803. The Morgan fingerprint density at radius 1 is 1.38 bits per heavy atom. The summed E-state index contributed by atoms with van der Waals surface area (Å²) in [5.74, 6) is 1.66. The minimum atomic E-state index is -0.171. The van der Waals surface area contributed by atoms with Crippen LogP contribution in [0.15, 0.2) is 24.7 Å². The Morgan fingerprint density at radius 3 is 3.08 bits per heavy atom. The van der Waals surface area contributed by atoms with E-state index in [2.05, 4.69) is 36.7 Å². The average molecular weight is 358 g/mol. The first-order chi connectivity index (χ1) is 12.7.